The highest BCUT2D eigenvalue weighted by Crippen LogP contribution is 2.47. The van der Waals surface area contributed by atoms with E-state index in [0.29, 0.717) is 37.9 Å². The zero-order chi connectivity index (χ0) is 30.5. The van der Waals surface area contributed by atoms with Crippen molar-refractivity contribution >= 4 is 57.6 Å². The lowest BCUT2D eigenvalue weighted by Gasteiger charge is -2.25. The number of rotatable bonds is 11. The maximum Gasteiger partial charge on any atom is 0.296 e. The number of aromatic nitrogens is 2. The van der Waals surface area contributed by atoms with Gasteiger partial charge in [0.2, 0.25) is 10.9 Å². The summed E-state index contributed by atoms with van der Waals surface area (Å²) in [5, 5.41) is 20.5. The molecule has 1 unspecified atom stereocenters. The molecule has 1 amide bonds. The Morgan fingerprint density at radius 2 is 1.70 bits per heavy atom. The number of allylic oxidation sites excluding steroid dienone is 1. The second-order valence-electron chi connectivity index (χ2n) is 9.14. The number of benzene rings is 3. The first kappa shape index (κ1) is 30.1. The Bertz CT molecular complexity index is 1700. The number of ether oxygens (including phenoxy) is 3. The molecular formula is C31H26ClN3O6S2. The minimum absolute atomic E-state index is 0.119. The van der Waals surface area contributed by atoms with Gasteiger partial charge in [0.1, 0.15) is 0 Å². The average Bonchev–Trinajstić information content (AvgIpc) is 3.60. The van der Waals surface area contributed by atoms with Gasteiger partial charge in [-0.15, -0.1) is 10.2 Å². The fourth-order valence-electron chi connectivity index (χ4n) is 4.57. The molecule has 2 heterocycles. The number of nitrogens with zero attached hydrogens (tertiary/aromatic N) is 3. The number of aliphatic hydroxyl groups is 1. The lowest BCUT2D eigenvalue weighted by atomic mass is 9.95. The van der Waals surface area contributed by atoms with Crippen LogP contribution in [0.1, 0.15) is 22.7 Å². The quantitative estimate of drug-likeness (QED) is 0.109. The van der Waals surface area contributed by atoms with E-state index >= 15 is 0 Å². The lowest BCUT2D eigenvalue weighted by Crippen LogP contribution is -2.31. The summed E-state index contributed by atoms with van der Waals surface area (Å²) in [6.45, 7) is 0. The number of ketones is 1. The summed E-state index contributed by atoms with van der Waals surface area (Å²) in [5.74, 6) is -0.504. The molecule has 0 fully saturated rings. The number of hydrogen-bond acceptors (Lipinski definition) is 10. The van der Waals surface area contributed by atoms with Crippen LogP contribution in [0, 0.1) is 0 Å². The maximum absolute atomic E-state index is 13.6. The van der Waals surface area contributed by atoms with Crippen molar-refractivity contribution in [3.8, 4) is 17.2 Å². The molecule has 43 heavy (non-hydrogen) atoms. The van der Waals surface area contributed by atoms with E-state index in [2.05, 4.69) is 10.2 Å². The van der Waals surface area contributed by atoms with Crippen LogP contribution in [0.3, 0.4) is 0 Å². The Kier molecular flexibility index (Phi) is 9.34. The third-order valence-electron chi connectivity index (χ3n) is 6.61. The predicted molar refractivity (Wildman–Crippen MR) is 167 cm³/mol. The highest BCUT2D eigenvalue weighted by molar-refractivity contribution is 8.00. The zero-order valence-electron chi connectivity index (χ0n) is 23.3. The van der Waals surface area contributed by atoms with Crippen molar-refractivity contribution < 1.29 is 28.9 Å². The van der Waals surface area contributed by atoms with Crippen LogP contribution in [0.2, 0.25) is 5.02 Å². The topological polar surface area (TPSA) is 111 Å². The second-order valence-corrected chi connectivity index (χ2v) is 11.7. The number of carbonyl (C=O) groups excluding carboxylic acids is 2. The van der Waals surface area contributed by atoms with Crippen molar-refractivity contribution in [3.63, 3.8) is 0 Å². The molecule has 1 aromatic heterocycles. The van der Waals surface area contributed by atoms with E-state index < -0.39 is 23.5 Å². The highest BCUT2D eigenvalue weighted by atomic mass is 35.5. The van der Waals surface area contributed by atoms with Crippen LogP contribution in [0.15, 0.2) is 88.5 Å². The molecule has 12 heteroatoms. The van der Waals surface area contributed by atoms with E-state index in [1.165, 1.54) is 44.1 Å². The van der Waals surface area contributed by atoms with Crippen molar-refractivity contribution in [1.29, 1.82) is 0 Å². The summed E-state index contributed by atoms with van der Waals surface area (Å²) in [4.78, 5) is 28.5. The van der Waals surface area contributed by atoms with Crippen LogP contribution in [-0.4, -0.2) is 48.3 Å². The number of amides is 1. The van der Waals surface area contributed by atoms with E-state index in [9.17, 15) is 14.7 Å². The molecule has 1 atom stereocenters. The molecule has 0 aliphatic carbocycles. The van der Waals surface area contributed by atoms with E-state index in [4.69, 9.17) is 25.8 Å². The van der Waals surface area contributed by atoms with Gasteiger partial charge in [0, 0.05) is 10.8 Å². The predicted octanol–water partition coefficient (Wildman–Crippen LogP) is 6.69. The first-order chi connectivity index (χ1) is 20.9. The average molecular weight is 636 g/mol. The fourth-order valence-corrected chi connectivity index (χ4v) is 6.72. The smallest absolute Gasteiger partial charge is 0.296 e. The van der Waals surface area contributed by atoms with Crippen LogP contribution >= 0.6 is 34.7 Å². The molecule has 4 aromatic rings. The Morgan fingerprint density at radius 3 is 2.35 bits per heavy atom. The van der Waals surface area contributed by atoms with Gasteiger partial charge in [0.15, 0.2) is 27.4 Å². The minimum atomic E-state index is -1.07. The number of anilines is 1. The molecule has 3 aromatic carbocycles. The van der Waals surface area contributed by atoms with Gasteiger partial charge >= 0.3 is 0 Å². The van der Waals surface area contributed by atoms with Crippen LogP contribution in [0.5, 0.6) is 17.2 Å². The highest BCUT2D eigenvalue weighted by Gasteiger charge is 2.46. The van der Waals surface area contributed by atoms with Gasteiger partial charge < -0.3 is 19.3 Å². The Morgan fingerprint density at radius 1 is 1.02 bits per heavy atom. The van der Waals surface area contributed by atoms with Crippen LogP contribution in [0.25, 0.3) is 6.08 Å². The summed E-state index contributed by atoms with van der Waals surface area (Å²) < 4.78 is 17.1. The van der Waals surface area contributed by atoms with Gasteiger partial charge in [0.05, 0.1) is 32.9 Å². The number of methoxy groups -OCH3 is 3. The summed E-state index contributed by atoms with van der Waals surface area (Å²) in [6, 6.07) is 18.9. The molecule has 0 radical (unpaired) electrons. The monoisotopic (exact) mass is 635 g/mol. The molecule has 9 nitrogen and oxygen atoms in total. The lowest BCUT2D eigenvalue weighted by molar-refractivity contribution is -0.117. The van der Waals surface area contributed by atoms with Crippen molar-refractivity contribution in [2.24, 2.45) is 0 Å². The van der Waals surface area contributed by atoms with Crippen molar-refractivity contribution in [3.05, 3.63) is 106 Å². The molecule has 1 aliphatic heterocycles. The summed E-state index contributed by atoms with van der Waals surface area (Å²) in [7, 11) is 4.41. The van der Waals surface area contributed by atoms with Crippen molar-refractivity contribution in [1.82, 2.24) is 10.2 Å². The van der Waals surface area contributed by atoms with E-state index in [1.54, 1.807) is 18.2 Å². The Hall–Kier alpha value is -4.32. The molecular weight excluding hydrogens is 610 g/mol. The van der Waals surface area contributed by atoms with Gasteiger partial charge in [-0.3, -0.25) is 14.5 Å². The number of carbonyl (C=O) groups is 2. The van der Waals surface area contributed by atoms with Gasteiger partial charge in [0.25, 0.3) is 5.91 Å². The number of halogens is 1. The van der Waals surface area contributed by atoms with Crippen LogP contribution in [-0.2, 0) is 15.3 Å². The number of thioether (sulfide) groups is 1. The first-order valence-electron chi connectivity index (χ1n) is 12.9. The van der Waals surface area contributed by atoms with Gasteiger partial charge in [-0.2, -0.15) is 0 Å². The standard InChI is InChI=1S/C31H26ClN3O6S2/c1-39-23-15-20(16-24(40-2)28(23)41-3)26-25(22(36)14-13-18-9-5-4-6-10-18)27(37)29(38)35(26)30-33-34-31(43-30)42-17-19-11-7-8-12-21(19)32/h4-16,26,37H,17H2,1-3H3/b14-13+. The Balaban J connectivity index is 1.55. The Labute approximate surface area is 261 Å². The van der Waals surface area contributed by atoms with Crippen molar-refractivity contribution in [2.45, 2.75) is 16.1 Å². The largest absolute Gasteiger partial charge is 0.503 e. The molecule has 0 saturated carbocycles. The second kappa shape index (κ2) is 13.3. The van der Waals surface area contributed by atoms with Gasteiger partial charge in [-0.25, -0.2) is 0 Å². The van der Waals surface area contributed by atoms with Crippen LogP contribution < -0.4 is 19.1 Å². The third-order valence-corrected chi connectivity index (χ3v) is 9.09. The van der Waals surface area contributed by atoms with E-state index in [0.717, 1.165) is 22.5 Å². The number of hydrogen-bond donors (Lipinski definition) is 1. The van der Waals surface area contributed by atoms with E-state index in [-0.39, 0.29) is 10.7 Å². The zero-order valence-corrected chi connectivity index (χ0v) is 25.7. The van der Waals surface area contributed by atoms with E-state index in [1.807, 2.05) is 54.6 Å². The molecule has 0 bridgehead atoms. The summed E-state index contributed by atoms with van der Waals surface area (Å²) >= 11 is 8.87. The summed E-state index contributed by atoms with van der Waals surface area (Å²) in [6.07, 6.45) is 2.95. The molecule has 5 rings (SSSR count). The molecule has 1 aliphatic rings. The maximum atomic E-state index is 13.6. The molecule has 220 valence electrons. The van der Waals surface area contributed by atoms with Gasteiger partial charge in [-0.05, 0) is 41.0 Å². The number of aliphatic hydroxyl groups excluding tert-OH is 1. The molecule has 1 N–H and O–H groups in total. The minimum Gasteiger partial charge on any atom is -0.503 e. The fraction of sp³-hybridized carbons (Fsp3) is 0.161. The normalized spacial score (nSPS) is 14.9. The van der Waals surface area contributed by atoms with Crippen LogP contribution in [0.4, 0.5) is 5.13 Å². The first-order valence-corrected chi connectivity index (χ1v) is 15.1. The third kappa shape index (κ3) is 6.24. The molecule has 0 spiro atoms. The van der Waals surface area contributed by atoms with Gasteiger partial charge in [-0.1, -0.05) is 89.3 Å². The van der Waals surface area contributed by atoms with Crippen molar-refractivity contribution in [2.75, 3.05) is 26.2 Å². The molecule has 0 saturated heterocycles. The summed E-state index contributed by atoms with van der Waals surface area (Å²) in [5.41, 5.74) is 2.03. The SMILES string of the molecule is COc1cc(C2C(C(=O)/C=C/c3ccccc3)=C(O)C(=O)N2c2nnc(SCc3ccccc3Cl)s2)cc(OC)c1OC.